The molecule has 7 heteroatoms. The van der Waals surface area contributed by atoms with E-state index in [9.17, 15) is 4.39 Å². The number of aromatic amines is 1. The van der Waals surface area contributed by atoms with Gasteiger partial charge in [0.2, 0.25) is 0 Å². The molecular weight excluding hydrogens is 401 g/mol. The number of H-pyrrole nitrogens is 1. The average molecular weight is 416 g/mol. The molecule has 4 aromatic rings. The third-order valence-electron chi connectivity index (χ3n) is 4.47. The summed E-state index contributed by atoms with van der Waals surface area (Å²) in [6, 6.07) is 6.73. The van der Waals surface area contributed by atoms with Crippen LogP contribution in [-0.4, -0.2) is 29.4 Å². The summed E-state index contributed by atoms with van der Waals surface area (Å²) in [5.41, 5.74) is 3.08. The number of nitrogens with zero attached hydrogens (tertiary/aromatic N) is 2. The van der Waals surface area contributed by atoms with Gasteiger partial charge in [-0.2, -0.15) is 5.10 Å². The number of fused-ring (bicyclic) bond motifs is 3. The number of aryl methyl sites for hydroxylation is 1. The Kier molecular flexibility index (Phi) is 4.03. The predicted molar refractivity (Wildman–Crippen MR) is 102 cm³/mol. The van der Waals surface area contributed by atoms with E-state index in [0.717, 1.165) is 27.3 Å². The summed E-state index contributed by atoms with van der Waals surface area (Å²) in [6.45, 7) is 1.97. The van der Waals surface area contributed by atoms with Crippen molar-refractivity contribution < 1.29 is 13.9 Å². The van der Waals surface area contributed by atoms with Gasteiger partial charge >= 0.3 is 0 Å². The summed E-state index contributed by atoms with van der Waals surface area (Å²) >= 11 is 3.25. The van der Waals surface area contributed by atoms with Crippen LogP contribution in [0.3, 0.4) is 0 Å². The van der Waals surface area contributed by atoms with Gasteiger partial charge in [-0.15, -0.1) is 0 Å². The van der Waals surface area contributed by atoms with Crippen molar-refractivity contribution in [3.05, 3.63) is 46.3 Å². The molecule has 2 aromatic carbocycles. The normalized spacial score (nSPS) is 11.3. The van der Waals surface area contributed by atoms with E-state index in [1.165, 1.54) is 6.07 Å². The zero-order valence-electron chi connectivity index (χ0n) is 14.4. The van der Waals surface area contributed by atoms with Gasteiger partial charge in [0, 0.05) is 27.3 Å². The van der Waals surface area contributed by atoms with Gasteiger partial charge in [-0.3, -0.25) is 5.10 Å². The van der Waals surface area contributed by atoms with Crippen molar-refractivity contribution in [2.45, 2.75) is 6.92 Å². The van der Waals surface area contributed by atoms with Crippen LogP contribution < -0.4 is 9.47 Å². The summed E-state index contributed by atoms with van der Waals surface area (Å²) in [5, 5.41) is 9.79. The molecule has 0 amide bonds. The van der Waals surface area contributed by atoms with Crippen molar-refractivity contribution in [2.24, 2.45) is 0 Å². The van der Waals surface area contributed by atoms with Gasteiger partial charge in [0.15, 0.2) is 17.1 Å². The summed E-state index contributed by atoms with van der Waals surface area (Å²) in [4.78, 5) is 4.72. The summed E-state index contributed by atoms with van der Waals surface area (Å²) in [7, 11) is 3.21. The minimum Gasteiger partial charge on any atom is -0.493 e. The van der Waals surface area contributed by atoms with Crippen LogP contribution in [0.4, 0.5) is 4.39 Å². The highest BCUT2D eigenvalue weighted by molar-refractivity contribution is 9.10. The number of hydrogen-bond acceptors (Lipinski definition) is 4. The van der Waals surface area contributed by atoms with E-state index in [1.807, 2.05) is 13.0 Å². The number of aromatic nitrogens is 3. The molecule has 0 aliphatic carbocycles. The second-order valence-electron chi connectivity index (χ2n) is 5.88. The number of nitrogens with one attached hydrogen (secondary N) is 1. The first-order chi connectivity index (χ1) is 12.5. The van der Waals surface area contributed by atoms with E-state index in [4.69, 9.17) is 14.5 Å². The number of methoxy groups -OCH3 is 2. The van der Waals surface area contributed by atoms with Gasteiger partial charge in [0.25, 0.3) is 0 Å². The molecule has 0 aliphatic rings. The molecule has 4 rings (SSSR count). The van der Waals surface area contributed by atoms with Crippen LogP contribution in [0.1, 0.15) is 5.56 Å². The largest absolute Gasteiger partial charge is 0.493 e. The summed E-state index contributed by atoms with van der Waals surface area (Å²) in [5.74, 6) is 0.959. The lowest BCUT2D eigenvalue weighted by Gasteiger charge is -2.16. The lowest BCUT2D eigenvalue weighted by Crippen LogP contribution is -1.97. The van der Waals surface area contributed by atoms with Gasteiger partial charge in [-0.25, -0.2) is 9.37 Å². The number of hydrogen-bond donors (Lipinski definition) is 1. The highest BCUT2D eigenvalue weighted by Crippen LogP contribution is 2.42. The molecule has 132 valence electrons. The molecule has 5 nitrogen and oxygen atoms in total. The van der Waals surface area contributed by atoms with Crippen molar-refractivity contribution in [1.82, 2.24) is 15.2 Å². The van der Waals surface area contributed by atoms with E-state index in [-0.39, 0.29) is 5.82 Å². The Bertz CT molecular complexity index is 1160. The van der Waals surface area contributed by atoms with Gasteiger partial charge in [0.05, 0.1) is 30.6 Å². The molecule has 26 heavy (non-hydrogen) atoms. The van der Waals surface area contributed by atoms with Crippen LogP contribution in [0.5, 0.6) is 11.5 Å². The number of benzene rings is 2. The fraction of sp³-hybridized carbons (Fsp3) is 0.158. The lowest BCUT2D eigenvalue weighted by molar-refractivity contribution is 0.354. The zero-order valence-corrected chi connectivity index (χ0v) is 15.9. The Morgan fingerprint density at radius 1 is 1.12 bits per heavy atom. The van der Waals surface area contributed by atoms with Crippen LogP contribution in [0.15, 0.2) is 34.9 Å². The molecule has 0 saturated heterocycles. The maximum absolute atomic E-state index is 13.7. The Morgan fingerprint density at radius 2 is 1.92 bits per heavy atom. The van der Waals surface area contributed by atoms with Crippen molar-refractivity contribution in [3.63, 3.8) is 0 Å². The molecular formula is C19H15BrFN3O2. The average Bonchev–Trinajstić information content (AvgIpc) is 3.11. The first-order valence-corrected chi connectivity index (χ1v) is 8.68. The van der Waals surface area contributed by atoms with Crippen LogP contribution in [-0.2, 0) is 0 Å². The number of ether oxygens (including phenoxy) is 2. The summed E-state index contributed by atoms with van der Waals surface area (Å²) < 4.78 is 25.1. The third kappa shape index (κ3) is 2.42. The van der Waals surface area contributed by atoms with Gasteiger partial charge in [-0.1, -0.05) is 0 Å². The second kappa shape index (κ2) is 6.25. The Hall–Kier alpha value is -2.67. The van der Waals surface area contributed by atoms with E-state index < -0.39 is 0 Å². The Labute approximate surface area is 157 Å². The van der Waals surface area contributed by atoms with Crippen molar-refractivity contribution in [2.75, 3.05) is 14.2 Å². The van der Waals surface area contributed by atoms with E-state index in [2.05, 4.69) is 26.1 Å². The van der Waals surface area contributed by atoms with E-state index in [1.54, 1.807) is 32.5 Å². The predicted octanol–water partition coefficient (Wildman–Crippen LogP) is 5.01. The molecule has 2 aromatic heterocycles. The first kappa shape index (κ1) is 16.8. The molecule has 0 saturated carbocycles. The van der Waals surface area contributed by atoms with Crippen LogP contribution in [0.25, 0.3) is 33.1 Å². The minimum atomic E-state index is -0.323. The van der Waals surface area contributed by atoms with Gasteiger partial charge in [0.1, 0.15) is 5.82 Å². The minimum absolute atomic E-state index is 0.323. The molecule has 2 heterocycles. The first-order valence-electron chi connectivity index (χ1n) is 7.89. The summed E-state index contributed by atoms with van der Waals surface area (Å²) in [6.07, 6.45) is 1.74. The van der Waals surface area contributed by atoms with Crippen molar-refractivity contribution >= 4 is 37.7 Å². The Morgan fingerprint density at radius 3 is 2.62 bits per heavy atom. The second-order valence-corrected chi connectivity index (χ2v) is 6.74. The molecule has 0 radical (unpaired) electrons. The quantitative estimate of drug-likeness (QED) is 0.511. The van der Waals surface area contributed by atoms with Crippen molar-refractivity contribution in [3.8, 4) is 22.8 Å². The van der Waals surface area contributed by atoms with E-state index >= 15 is 0 Å². The van der Waals surface area contributed by atoms with E-state index in [0.29, 0.717) is 27.3 Å². The third-order valence-corrected chi connectivity index (χ3v) is 5.08. The highest BCUT2D eigenvalue weighted by Gasteiger charge is 2.19. The fourth-order valence-electron chi connectivity index (χ4n) is 3.29. The lowest BCUT2D eigenvalue weighted by atomic mass is 9.97. The SMILES string of the molecule is COc1cc2c(-c3ccc(F)c(Br)c3)nc3[nH]ncc3c2c(C)c1OC. The van der Waals surface area contributed by atoms with Gasteiger partial charge in [-0.05, 0) is 47.1 Å². The Balaban J connectivity index is 2.18. The smallest absolute Gasteiger partial charge is 0.164 e. The maximum Gasteiger partial charge on any atom is 0.164 e. The van der Waals surface area contributed by atoms with Crippen molar-refractivity contribution in [1.29, 1.82) is 0 Å². The number of pyridine rings is 1. The maximum atomic E-state index is 13.7. The number of halogens is 2. The number of rotatable bonds is 3. The molecule has 0 aliphatic heterocycles. The molecule has 1 N–H and O–H groups in total. The molecule has 0 fully saturated rings. The zero-order chi connectivity index (χ0) is 18.4. The molecule has 0 bridgehead atoms. The fourth-order valence-corrected chi connectivity index (χ4v) is 3.67. The van der Waals surface area contributed by atoms with Crippen LogP contribution in [0, 0.1) is 12.7 Å². The molecule has 0 spiro atoms. The highest BCUT2D eigenvalue weighted by atomic mass is 79.9. The topological polar surface area (TPSA) is 60.0 Å². The van der Waals surface area contributed by atoms with Gasteiger partial charge < -0.3 is 9.47 Å². The van der Waals surface area contributed by atoms with Crippen LogP contribution in [0.2, 0.25) is 0 Å². The monoisotopic (exact) mass is 415 g/mol. The molecule has 0 atom stereocenters. The molecule has 0 unspecified atom stereocenters. The van der Waals surface area contributed by atoms with Crippen LogP contribution >= 0.6 is 15.9 Å². The standard InChI is InChI=1S/C19H15BrFN3O2/c1-9-16-11(7-15(25-2)18(9)26-3)17(23-19-12(16)8-22-24-19)10-4-5-14(21)13(20)6-10/h4-8H,1-3H3,(H,22,23,24).